The second kappa shape index (κ2) is 42.1. The first-order chi connectivity index (χ1) is 30.3. The molecule has 0 aromatic rings. The zero-order valence-corrected chi connectivity index (χ0v) is 39.9. The number of rotatable bonds is 43. The highest BCUT2D eigenvalue weighted by Crippen LogP contribution is 2.43. The number of carboxylic acids is 1. The number of hydrogen-bond donors (Lipinski definition) is 6. The van der Waals surface area contributed by atoms with Crippen molar-refractivity contribution < 1.29 is 62.8 Å². The summed E-state index contributed by atoms with van der Waals surface area (Å²) in [7, 11) is -4.76. The third kappa shape index (κ3) is 39.5. The molecule has 0 amide bonds. The molecule has 0 aliphatic carbocycles. The largest absolute Gasteiger partial charge is 0.481 e. The summed E-state index contributed by atoms with van der Waals surface area (Å²) in [6.07, 6.45) is 36.5. The van der Waals surface area contributed by atoms with Crippen molar-refractivity contribution in [1.82, 2.24) is 0 Å². The van der Waals surface area contributed by atoms with Crippen LogP contribution in [-0.2, 0) is 37.5 Å². The lowest BCUT2D eigenvalue weighted by atomic mass is 10.1. The molecule has 6 atom stereocenters. The summed E-state index contributed by atoms with van der Waals surface area (Å²) in [4.78, 5) is 46.8. The van der Waals surface area contributed by atoms with Crippen LogP contribution in [-0.4, -0.2) is 105 Å². The van der Waals surface area contributed by atoms with E-state index < -0.39 is 81.8 Å². The molecule has 0 rings (SSSR count). The van der Waals surface area contributed by atoms with Gasteiger partial charge in [0.2, 0.25) is 0 Å². The minimum atomic E-state index is -4.76. The fraction of sp³-hybridized carbons (Fsp3) is 0.723. The van der Waals surface area contributed by atoms with Crippen molar-refractivity contribution in [3.05, 3.63) is 60.8 Å². The number of aliphatic hydroxyl groups is 3. The molecule has 16 heteroatoms. The second-order valence-electron chi connectivity index (χ2n) is 15.6. The van der Waals surface area contributed by atoms with E-state index in [2.05, 4.69) is 42.7 Å². The van der Waals surface area contributed by atoms with Crippen molar-refractivity contribution in [2.24, 2.45) is 5.73 Å². The highest BCUT2D eigenvalue weighted by Gasteiger charge is 2.28. The summed E-state index contributed by atoms with van der Waals surface area (Å²) < 4.78 is 32.8. The highest BCUT2D eigenvalue weighted by atomic mass is 32.2. The van der Waals surface area contributed by atoms with Gasteiger partial charge in [-0.1, -0.05) is 139 Å². The monoisotopic (exact) mass is 932 g/mol. The van der Waals surface area contributed by atoms with E-state index in [-0.39, 0.29) is 31.4 Å². The van der Waals surface area contributed by atoms with Gasteiger partial charge in [0.25, 0.3) is 0 Å². The first-order valence-corrected chi connectivity index (χ1v) is 25.7. The topological polar surface area (TPSA) is 232 Å². The van der Waals surface area contributed by atoms with E-state index in [1.807, 2.05) is 18.2 Å². The zero-order chi connectivity index (χ0) is 46.8. The van der Waals surface area contributed by atoms with Crippen molar-refractivity contribution in [3.8, 4) is 0 Å². The van der Waals surface area contributed by atoms with Gasteiger partial charge in [-0.2, -0.15) is 0 Å². The lowest BCUT2D eigenvalue weighted by Gasteiger charge is -2.22. The molecule has 0 radical (unpaired) electrons. The average molecular weight is 932 g/mol. The number of thioether (sulfide) groups is 1. The Balaban J connectivity index is 5.17. The van der Waals surface area contributed by atoms with E-state index in [0.717, 1.165) is 64.2 Å². The molecule has 0 aliphatic heterocycles. The van der Waals surface area contributed by atoms with Gasteiger partial charge in [-0.25, -0.2) is 4.57 Å². The Kier molecular flexibility index (Phi) is 40.3. The SMILES string of the molecule is CCCCC/C=C\C\C=C/C=C/C=C/[C@@H](SC[C@H](N)C(=O)OC[C@H](COP(=O)(O)OC[C@@H](O)CO)OC(=O)CCCCCCCCC/C=C\CCCCCC)[C@@H](O)CCCC(=O)O. The maximum Gasteiger partial charge on any atom is 0.472 e. The van der Waals surface area contributed by atoms with Crippen LogP contribution >= 0.6 is 19.6 Å². The number of allylic oxidation sites excluding steroid dienone is 9. The molecule has 1 unspecified atom stereocenters. The Hall–Kier alpha value is -2.59. The molecule has 0 heterocycles. The van der Waals surface area contributed by atoms with Gasteiger partial charge >= 0.3 is 25.7 Å². The molecule has 0 aromatic carbocycles. The van der Waals surface area contributed by atoms with Crippen LogP contribution in [0.15, 0.2) is 60.8 Å². The maximum absolute atomic E-state index is 13.0. The number of ether oxygens (including phenoxy) is 2. The first-order valence-electron chi connectivity index (χ1n) is 23.2. The standard InChI is InChI=1S/C47H82NO13PS/c1-3-5-7-9-11-13-15-17-18-19-21-23-25-27-29-34-46(54)61-41(38-60-62(56,57)59-36-40(50)35-49)37-58-47(55)42(48)39-63-44(43(51)31-30-33-45(52)53)32-28-26-24-22-20-16-14-12-10-8-6-4-2/h12-15,20,22,24,26,28,32,40-44,49-51H,3-11,16-19,21,23,25,27,29-31,33-39,48H2,1-2H3,(H,52,53)(H,56,57)/b14-12-,15-13-,22-20-,26-24+,32-28+/t40-,41+,42-,43-,44+/m0/s1. The fourth-order valence-electron chi connectivity index (χ4n) is 5.90. The van der Waals surface area contributed by atoms with Crippen molar-refractivity contribution in [1.29, 1.82) is 0 Å². The number of hydrogen-bond acceptors (Lipinski definition) is 13. The molecular weight excluding hydrogens is 850 g/mol. The van der Waals surface area contributed by atoms with Crippen LogP contribution in [0.4, 0.5) is 0 Å². The van der Waals surface area contributed by atoms with Gasteiger partial charge in [-0.15, -0.1) is 11.8 Å². The van der Waals surface area contributed by atoms with Crippen molar-refractivity contribution in [2.45, 2.75) is 185 Å². The number of phosphoric acid groups is 1. The molecule has 14 nitrogen and oxygen atoms in total. The van der Waals surface area contributed by atoms with Gasteiger partial charge in [0, 0.05) is 23.8 Å². The number of esters is 2. The number of aliphatic hydroxyl groups excluding tert-OH is 3. The highest BCUT2D eigenvalue weighted by molar-refractivity contribution is 8.00. The molecule has 0 fully saturated rings. The minimum absolute atomic E-state index is 0.0160. The van der Waals surface area contributed by atoms with Gasteiger partial charge in [-0.3, -0.25) is 23.4 Å². The molecule has 0 bridgehead atoms. The lowest BCUT2D eigenvalue weighted by molar-refractivity contribution is -0.161. The van der Waals surface area contributed by atoms with Gasteiger partial charge in [0.1, 0.15) is 18.8 Å². The van der Waals surface area contributed by atoms with Crippen molar-refractivity contribution in [2.75, 3.05) is 32.2 Å². The first kappa shape index (κ1) is 60.4. The van der Waals surface area contributed by atoms with Crippen LogP contribution in [0.2, 0.25) is 0 Å². The van der Waals surface area contributed by atoms with E-state index >= 15 is 0 Å². The summed E-state index contributed by atoms with van der Waals surface area (Å²) >= 11 is 1.19. The number of carboxylic acid groups (broad SMARTS) is 1. The predicted octanol–water partition coefficient (Wildman–Crippen LogP) is 9.21. The van der Waals surface area contributed by atoms with E-state index in [4.69, 9.17) is 29.9 Å². The quantitative estimate of drug-likeness (QED) is 0.0110. The summed E-state index contributed by atoms with van der Waals surface area (Å²) in [5, 5.41) is 37.9. The Morgan fingerprint density at radius 3 is 1.92 bits per heavy atom. The summed E-state index contributed by atoms with van der Waals surface area (Å²) in [5.41, 5.74) is 6.16. The van der Waals surface area contributed by atoms with Gasteiger partial charge in [0.05, 0.1) is 25.9 Å². The molecule has 63 heavy (non-hydrogen) atoms. The summed E-state index contributed by atoms with van der Waals surface area (Å²) in [5.74, 6) is -2.42. The van der Waals surface area contributed by atoms with Crippen LogP contribution in [0.3, 0.4) is 0 Å². The smallest absolute Gasteiger partial charge is 0.472 e. The minimum Gasteiger partial charge on any atom is -0.481 e. The number of carbonyl (C=O) groups is 3. The van der Waals surface area contributed by atoms with Gasteiger partial charge < -0.3 is 40.5 Å². The van der Waals surface area contributed by atoms with Crippen LogP contribution < -0.4 is 5.73 Å². The molecule has 0 aromatic heterocycles. The molecule has 364 valence electrons. The summed E-state index contributed by atoms with van der Waals surface area (Å²) in [6.45, 7) is 1.75. The Bertz CT molecular complexity index is 1360. The Morgan fingerprint density at radius 1 is 0.698 bits per heavy atom. The second-order valence-corrected chi connectivity index (χ2v) is 18.3. The maximum atomic E-state index is 13.0. The van der Waals surface area contributed by atoms with Crippen LogP contribution in [0.5, 0.6) is 0 Å². The van der Waals surface area contributed by atoms with E-state index in [0.29, 0.717) is 6.42 Å². The zero-order valence-electron chi connectivity index (χ0n) is 38.2. The summed E-state index contributed by atoms with van der Waals surface area (Å²) in [6, 6.07) is -1.17. The van der Waals surface area contributed by atoms with Crippen molar-refractivity contribution >= 4 is 37.5 Å². The van der Waals surface area contributed by atoms with Crippen LogP contribution in [0.25, 0.3) is 0 Å². The molecular formula is C47H82NO13PS. The number of aliphatic carboxylic acids is 1. The fourth-order valence-corrected chi connectivity index (χ4v) is 7.81. The number of nitrogens with two attached hydrogens (primary N) is 1. The third-order valence-electron chi connectivity index (χ3n) is 9.64. The molecule has 0 aliphatic rings. The number of unbranched alkanes of at least 4 members (excludes halogenated alkanes) is 14. The molecule has 7 N–H and O–H groups in total. The normalized spacial score (nSPS) is 15.7. The van der Waals surface area contributed by atoms with E-state index in [1.165, 1.54) is 56.7 Å². The van der Waals surface area contributed by atoms with Gasteiger partial charge in [-0.05, 0) is 64.2 Å². The predicted molar refractivity (Wildman–Crippen MR) is 252 cm³/mol. The Morgan fingerprint density at radius 2 is 1.27 bits per heavy atom. The van der Waals surface area contributed by atoms with Gasteiger partial charge in [0.15, 0.2) is 6.10 Å². The Labute approximate surface area is 382 Å². The van der Waals surface area contributed by atoms with E-state index in [1.54, 1.807) is 18.2 Å². The van der Waals surface area contributed by atoms with Crippen LogP contribution in [0, 0.1) is 0 Å². The molecule has 0 saturated heterocycles. The van der Waals surface area contributed by atoms with Crippen LogP contribution in [0.1, 0.15) is 155 Å². The number of phosphoric ester groups is 1. The average Bonchev–Trinajstić information content (AvgIpc) is 3.25. The number of carbonyl (C=O) groups excluding carboxylic acids is 2. The molecule has 0 spiro atoms. The van der Waals surface area contributed by atoms with Crippen molar-refractivity contribution in [3.63, 3.8) is 0 Å². The third-order valence-corrected chi connectivity index (χ3v) is 12.0. The lowest BCUT2D eigenvalue weighted by Crippen LogP contribution is -2.38. The molecule has 0 saturated carbocycles. The van der Waals surface area contributed by atoms with E-state index in [9.17, 15) is 34.1 Å².